The summed E-state index contributed by atoms with van der Waals surface area (Å²) in [6.07, 6.45) is 0. The van der Waals surface area contributed by atoms with Crippen LogP contribution in [0.3, 0.4) is 0 Å². The molecule has 0 atom stereocenters. The molecule has 0 aliphatic heterocycles. The summed E-state index contributed by atoms with van der Waals surface area (Å²) in [5.74, 6) is -0.431. The van der Waals surface area contributed by atoms with Gasteiger partial charge >= 0.3 is 0 Å². The van der Waals surface area contributed by atoms with Gasteiger partial charge in [-0.1, -0.05) is 36.9 Å². The van der Waals surface area contributed by atoms with Crippen LogP contribution in [0.5, 0.6) is 5.75 Å². The molecule has 2 aromatic carbocycles. The highest BCUT2D eigenvalue weighted by Gasteiger charge is 2.22. The third-order valence-electron chi connectivity index (χ3n) is 3.27. The number of benzene rings is 2. The minimum Gasteiger partial charge on any atom is -0.487 e. The molecule has 2 nitrogen and oxygen atoms in total. The monoisotopic (exact) mass is 362 g/mol. The van der Waals surface area contributed by atoms with E-state index in [9.17, 15) is 9.18 Å². The van der Waals surface area contributed by atoms with Crippen molar-refractivity contribution in [2.24, 2.45) is 0 Å². The first-order valence-corrected chi connectivity index (χ1v) is 7.56. The van der Waals surface area contributed by atoms with E-state index in [-0.39, 0.29) is 16.9 Å². The van der Waals surface area contributed by atoms with Gasteiger partial charge in [-0.2, -0.15) is 0 Å². The van der Waals surface area contributed by atoms with Gasteiger partial charge in [-0.05, 0) is 52.5 Å². The Morgan fingerprint density at radius 2 is 1.95 bits per heavy atom. The van der Waals surface area contributed by atoms with Crippen molar-refractivity contribution < 1.29 is 13.9 Å². The van der Waals surface area contributed by atoms with Gasteiger partial charge in [0.1, 0.15) is 18.2 Å². The highest BCUT2D eigenvalue weighted by molar-refractivity contribution is 9.10. The average Bonchev–Trinajstić information content (AvgIpc) is 2.49. The molecule has 114 valence electrons. The summed E-state index contributed by atoms with van der Waals surface area (Å²) in [6.45, 7) is 7.10. The van der Waals surface area contributed by atoms with E-state index in [1.165, 1.54) is 6.07 Å². The zero-order valence-corrected chi connectivity index (χ0v) is 14.0. The van der Waals surface area contributed by atoms with Crippen molar-refractivity contribution in [3.63, 3.8) is 0 Å². The molecule has 0 aromatic heterocycles. The number of rotatable bonds is 5. The molecule has 22 heavy (non-hydrogen) atoms. The van der Waals surface area contributed by atoms with Gasteiger partial charge in [0.2, 0.25) is 0 Å². The second-order valence-electron chi connectivity index (χ2n) is 5.05. The molecule has 0 saturated carbocycles. The quantitative estimate of drug-likeness (QED) is 0.537. The molecule has 0 fully saturated rings. The second-order valence-corrected chi connectivity index (χ2v) is 5.91. The number of carbonyl (C=O) groups excluding carboxylic acids is 1. The van der Waals surface area contributed by atoms with E-state index in [1.807, 2.05) is 30.3 Å². The third-order valence-corrected chi connectivity index (χ3v) is 3.86. The molecule has 0 amide bonds. The maximum atomic E-state index is 13.9. The molecule has 0 N–H and O–H groups in total. The van der Waals surface area contributed by atoms with Crippen LogP contribution in [0.4, 0.5) is 4.39 Å². The summed E-state index contributed by atoms with van der Waals surface area (Å²) in [5.41, 5.74) is 1.78. The Kier molecular flexibility index (Phi) is 5.14. The first-order valence-electron chi connectivity index (χ1n) is 6.77. The van der Waals surface area contributed by atoms with Gasteiger partial charge in [0.05, 0.1) is 10.0 Å². The number of allylic oxidation sites excluding steroid dienone is 1. The van der Waals surface area contributed by atoms with Crippen LogP contribution in [0.1, 0.15) is 28.4 Å². The zero-order valence-electron chi connectivity index (χ0n) is 12.5. The number of ether oxygens (including phenoxy) is 1. The molecule has 0 unspecified atom stereocenters. The van der Waals surface area contributed by atoms with Crippen LogP contribution in [0.25, 0.3) is 0 Å². The van der Waals surface area contributed by atoms with E-state index >= 15 is 0 Å². The summed E-state index contributed by atoms with van der Waals surface area (Å²) in [6, 6.07) is 10.9. The number of Topliss-reactive ketones (excluding diaryl/α,β-unsaturated/α-hetero) is 1. The van der Waals surface area contributed by atoms with Crippen LogP contribution in [-0.2, 0) is 6.61 Å². The lowest BCUT2D eigenvalue weighted by Gasteiger charge is -2.16. The molecular weight excluding hydrogens is 347 g/mol. The summed E-state index contributed by atoms with van der Waals surface area (Å²) in [4.78, 5) is 12.3. The summed E-state index contributed by atoms with van der Waals surface area (Å²) >= 11 is 3.28. The Morgan fingerprint density at radius 1 is 1.32 bits per heavy atom. The number of halogens is 2. The fourth-order valence-electron chi connectivity index (χ4n) is 2.05. The molecule has 0 bridgehead atoms. The summed E-state index contributed by atoms with van der Waals surface area (Å²) < 4.78 is 20.1. The average molecular weight is 363 g/mol. The highest BCUT2D eigenvalue weighted by Crippen LogP contribution is 2.35. The van der Waals surface area contributed by atoms with Gasteiger partial charge in [-0.25, -0.2) is 4.39 Å². The standard InChI is InChI=1S/C18H16BrFO2/c1-11(2)17(21)16-12(3)15(20)9-14(19)18(16)22-10-13-7-5-4-6-8-13/h4-9H,1,10H2,2-3H3. The van der Waals surface area contributed by atoms with E-state index in [0.29, 0.717) is 22.4 Å². The smallest absolute Gasteiger partial charge is 0.192 e. The summed E-state index contributed by atoms with van der Waals surface area (Å²) in [5, 5.41) is 0. The molecule has 0 saturated heterocycles. The van der Waals surface area contributed by atoms with Crippen molar-refractivity contribution >= 4 is 21.7 Å². The predicted octanol–water partition coefficient (Wildman–Crippen LogP) is 5.23. The van der Waals surface area contributed by atoms with Crippen LogP contribution >= 0.6 is 15.9 Å². The molecule has 0 heterocycles. The van der Waals surface area contributed by atoms with Crippen molar-refractivity contribution in [3.05, 3.63) is 75.5 Å². The van der Waals surface area contributed by atoms with E-state index in [2.05, 4.69) is 22.5 Å². The SMILES string of the molecule is C=C(C)C(=O)c1c(C)c(F)cc(Br)c1OCc1ccccc1. The minimum atomic E-state index is -0.455. The largest absolute Gasteiger partial charge is 0.487 e. The molecule has 0 aliphatic carbocycles. The molecule has 2 aromatic rings. The van der Waals surface area contributed by atoms with Crippen LogP contribution in [0.2, 0.25) is 0 Å². The van der Waals surface area contributed by atoms with Crippen molar-refractivity contribution in [2.75, 3.05) is 0 Å². The normalized spacial score (nSPS) is 10.4. The third kappa shape index (κ3) is 3.45. The molecule has 4 heteroatoms. The lowest BCUT2D eigenvalue weighted by atomic mass is 9.99. The summed E-state index contributed by atoms with van der Waals surface area (Å²) in [7, 11) is 0. The Labute approximate surface area is 137 Å². The van der Waals surface area contributed by atoms with Crippen LogP contribution in [0, 0.1) is 12.7 Å². The number of hydrogen-bond donors (Lipinski definition) is 0. The number of ketones is 1. The maximum Gasteiger partial charge on any atom is 0.192 e. The zero-order chi connectivity index (χ0) is 16.3. The van der Waals surface area contributed by atoms with Gasteiger partial charge in [0.25, 0.3) is 0 Å². The Morgan fingerprint density at radius 3 is 2.55 bits per heavy atom. The lowest BCUT2D eigenvalue weighted by Crippen LogP contribution is -2.09. The van der Waals surface area contributed by atoms with E-state index < -0.39 is 5.82 Å². The van der Waals surface area contributed by atoms with E-state index in [0.717, 1.165) is 5.56 Å². The van der Waals surface area contributed by atoms with E-state index in [1.54, 1.807) is 13.8 Å². The molecule has 0 radical (unpaired) electrons. The first-order chi connectivity index (χ1) is 10.4. The second kappa shape index (κ2) is 6.88. The minimum absolute atomic E-state index is 0.218. The number of hydrogen-bond acceptors (Lipinski definition) is 2. The van der Waals surface area contributed by atoms with Gasteiger partial charge in [0, 0.05) is 0 Å². The van der Waals surface area contributed by atoms with Crippen molar-refractivity contribution in [3.8, 4) is 5.75 Å². The molecular formula is C18H16BrFO2. The fraction of sp³-hybridized carbons (Fsp3) is 0.167. The van der Waals surface area contributed by atoms with Crippen molar-refractivity contribution in [1.29, 1.82) is 0 Å². The van der Waals surface area contributed by atoms with Gasteiger partial charge in [-0.15, -0.1) is 0 Å². The van der Waals surface area contributed by atoms with E-state index in [4.69, 9.17) is 4.74 Å². The maximum absolute atomic E-state index is 13.9. The topological polar surface area (TPSA) is 26.3 Å². The van der Waals surface area contributed by atoms with Gasteiger partial charge in [0.15, 0.2) is 5.78 Å². The lowest BCUT2D eigenvalue weighted by molar-refractivity contribution is 0.102. The Balaban J connectivity index is 2.43. The Bertz CT molecular complexity index is 724. The van der Waals surface area contributed by atoms with Crippen LogP contribution in [-0.4, -0.2) is 5.78 Å². The van der Waals surface area contributed by atoms with Gasteiger partial charge < -0.3 is 4.74 Å². The van der Waals surface area contributed by atoms with Crippen LogP contribution < -0.4 is 4.74 Å². The predicted molar refractivity (Wildman–Crippen MR) is 88.8 cm³/mol. The fourth-order valence-corrected chi connectivity index (χ4v) is 2.57. The van der Waals surface area contributed by atoms with Crippen molar-refractivity contribution in [1.82, 2.24) is 0 Å². The molecule has 2 rings (SSSR count). The van der Waals surface area contributed by atoms with Crippen molar-refractivity contribution in [2.45, 2.75) is 20.5 Å². The Hall–Kier alpha value is -1.94. The van der Waals surface area contributed by atoms with Crippen LogP contribution in [0.15, 0.2) is 53.0 Å². The molecule has 0 aliphatic rings. The molecule has 0 spiro atoms. The van der Waals surface area contributed by atoms with Gasteiger partial charge in [-0.3, -0.25) is 4.79 Å². The number of carbonyl (C=O) groups is 1. The highest BCUT2D eigenvalue weighted by atomic mass is 79.9. The first kappa shape index (κ1) is 16.4.